The van der Waals surface area contributed by atoms with Gasteiger partial charge in [-0.3, -0.25) is 9.20 Å². The average Bonchev–Trinajstić information content (AvgIpc) is 3.11. The summed E-state index contributed by atoms with van der Waals surface area (Å²) >= 11 is 0. The first kappa shape index (κ1) is 15.8. The van der Waals surface area contributed by atoms with Gasteiger partial charge in [0.25, 0.3) is 5.91 Å². The number of primary amides is 1. The maximum Gasteiger partial charge on any atom is 0.252 e. The van der Waals surface area contributed by atoms with Gasteiger partial charge in [0.15, 0.2) is 0 Å². The zero-order valence-corrected chi connectivity index (χ0v) is 14.0. The molecule has 128 valence electrons. The molecule has 7 nitrogen and oxygen atoms in total. The van der Waals surface area contributed by atoms with Crippen molar-refractivity contribution < 1.29 is 4.79 Å². The van der Waals surface area contributed by atoms with E-state index in [-0.39, 0.29) is 0 Å². The summed E-state index contributed by atoms with van der Waals surface area (Å²) in [6, 6.07) is 13.3. The Morgan fingerprint density at radius 1 is 1.12 bits per heavy atom. The molecule has 0 saturated carbocycles. The van der Waals surface area contributed by atoms with Crippen molar-refractivity contribution in [2.24, 2.45) is 5.73 Å². The molecule has 0 aliphatic carbocycles. The molecule has 3 N–H and O–H groups in total. The molecule has 0 fully saturated rings. The summed E-state index contributed by atoms with van der Waals surface area (Å²) in [4.78, 5) is 24.9. The monoisotopic (exact) mass is 344 g/mol. The van der Waals surface area contributed by atoms with Crippen LogP contribution in [0.1, 0.15) is 15.9 Å². The number of fused-ring (bicyclic) bond motifs is 1. The Morgan fingerprint density at radius 2 is 2.00 bits per heavy atom. The highest BCUT2D eigenvalue weighted by molar-refractivity contribution is 5.98. The average molecular weight is 344 g/mol. The third kappa shape index (κ3) is 2.86. The minimum atomic E-state index is -0.558. The SMILES string of the molecule is Cc1cccc(-c2cc3nccn3c(Nc3ncccc3C(N)=O)n2)c1. The minimum absolute atomic E-state index is 0.295. The molecule has 3 aromatic heterocycles. The smallest absolute Gasteiger partial charge is 0.252 e. The first-order chi connectivity index (χ1) is 12.6. The van der Waals surface area contributed by atoms with E-state index in [4.69, 9.17) is 10.7 Å². The molecule has 26 heavy (non-hydrogen) atoms. The van der Waals surface area contributed by atoms with Crippen LogP contribution in [-0.2, 0) is 0 Å². The lowest BCUT2D eigenvalue weighted by Gasteiger charge is -2.12. The second-order valence-electron chi connectivity index (χ2n) is 5.88. The van der Waals surface area contributed by atoms with Crippen LogP contribution in [0, 0.1) is 6.92 Å². The van der Waals surface area contributed by atoms with Crippen molar-refractivity contribution in [3.63, 3.8) is 0 Å². The molecule has 4 aromatic rings. The van der Waals surface area contributed by atoms with Gasteiger partial charge in [-0.05, 0) is 25.1 Å². The zero-order chi connectivity index (χ0) is 18.1. The highest BCUT2D eigenvalue weighted by atomic mass is 16.1. The molecule has 0 saturated heterocycles. The van der Waals surface area contributed by atoms with Crippen molar-refractivity contribution in [3.05, 3.63) is 72.2 Å². The molecule has 1 amide bonds. The third-order valence-corrected chi connectivity index (χ3v) is 4.01. The van der Waals surface area contributed by atoms with E-state index in [0.717, 1.165) is 22.5 Å². The molecule has 3 heterocycles. The maximum atomic E-state index is 11.7. The van der Waals surface area contributed by atoms with Crippen molar-refractivity contribution in [2.75, 3.05) is 5.32 Å². The maximum absolute atomic E-state index is 11.7. The molecule has 7 heteroatoms. The van der Waals surface area contributed by atoms with Crippen molar-refractivity contribution in [1.82, 2.24) is 19.4 Å². The second-order valence-corrected chi connectivity index (χ2v) is 5.88. The topological polar surface area (TPSA) is 98.2 Å². The second kappa shape index (κ2) is 6.29. The Labute approximate surface area is 149 Å². The lowest BCUT2D eigenvalue weighted by Crippen LogP contribution is -2.15. The number of nitrogens with zero attached hydrogens (tertiary/aromatic N) is 4. The molecular weight excluding hydrogens is 328 g/mol. The highest BCUT2D eigenvalue weighted by Crippen LogP contribution is 2.24. The number of anilines is 2. The standard InChI is InChI=1S/C19H16N6O/c1-12-4-2-5-13(10-12)15-11-16-21-8-9-25(16)19(23-15)24-18-14(17(20)26)6-3-7-22-18/h2-11H,1H3,(H2,20,26)(H,22,23,24). The molecule has 0 spiro atoms. The van der Waals surface area contributed by atoms with E-state index in [1.807, 2.05) is 31.2 Å². The Balaban J connectivity index is 1.85. The molecular formula is C19H16N6O. The Kier molecular flexibility index (Phi) is 3.81. The normalized spacial score (nSPS) is 10.8. The molecule has 0 aliphatic heterocycles. The molecule has 0 radical (unpaired) electrons. The van der Waals surface area contributed by atoms with Crippen molar-refractivity contribution in [1.29, 1.82) is 0 Å². The van der Waals surface area contributed by atoms with Crippen LogP contribution in [0.15, 0.2) is 61.1 Å². The van der Waals surface area contributed by atoms with Crippen LogP contribution < -0.4 is 11.1 Å². The van der Waals surface area contributed by atoms with E-state index >= 15 is 0 Å². The van der Waals surface area contributed by atoms with Gasteiger partial charge in [-0.25, -0.2) is 15.0 Å². The highest BCUT2D eigenvalue weighted by Gasteiger charge is 2.13. The minimum Gasteiger partial charge on any atom is -0.365 e. The lowest BCUT2D eigenvalue weighted by molar-refractivity contribution is 0.100. The molecule has 4 rings (SSSR count). The molecule has 1 aromatic carbocycles. The summed E-state index contributed by atoms with van der Waals surface area (Å²) in [7, 11) is 0. The summed E-state index contributed by atoms with van der Waals surface area (Å²) in [5.41, 5.74) is 9.36. The van der Waals surface area contributed by atoms with Gasteiger partial charge in [0, 0.05) is 30.2 Å². The van der Waals surface area contributed by atoms with Gasteiger partial charge in [-0.15, -0.1) is 0 Å². The molecule has 0 bridgehead atoms. The number of benzene rings is 1. The van der Waals surface area contributed by atoms with Gasteiger partial charge < -0.3 is 11.1 Å². The number of nitrogens with two attached hydrogens (primary N) is 1. The van der Waals surface area contributed by atoms with E-state index < -0.39 is 5.91 Å². The number of pyridine rings is 1. The molecule has 0 unspecified atom stereocenters. The number of amides is 1. The van der Waals surface area contributed by atoms with Gasteiger partial charge in [-0.2, -0.15) is 0 Å². The first-order valence-corrected chi connectivity index (χ1v) is 8.05. The van der Waals surface area contributed by atoms with E-state index in [9.17, 15) is 4.79 Å². The van der Waals surface area contributed by atoms with Gasteiger partial charge in [0.1, 0.15) is 11.5 Å². The summed E-state index contributed by atoms with van der Waals surface area (Å²) < 4.78 is 1.79. The van der Waals surface area contributed by atoms with Gasteiger partial charge in [-0.1, -0.05) is 23.8 Å². The Hall–Kier alpha value is -3.74. The molecule has 0 aliphatic rings. The largest absolute Gasteiger partial charge is 0.365 e. The van der Waals surface area contributed by atoms with Gasteiger partial charge >= 0.3 is 0 Å². The van der Waals surface area contributed by atoms with Crippen molar-refractivity contribution >= 4 is 23.3 Å². The number of rotatable bonds is 4. The van der Waals surface area contributed by atoms with Crippen LogP contribution in [0.3, 0.4) is 0 Å². The zero-order valence-electron chi connectivity index (χ0n) is 14.0. The Bertz CT molecular complexity index is 1120. The fourth-order valence-electron chi connectivity index (χ4n) is 2.77. The number of hydrogen-bond donors (Lipinski definition) is 2. The third-order valence-electron chi connectivity index (χ3n) is 4.01. The number of aryl methyl sites for hydroxylation is 1. The number of hydrogen-bond acceptors (Lipinski definition) is 5. The number of imidazole rings is 1. The predicted octanol–water partition coefficient (Wildman–Crippen LogP) is 2.94. The number of carbonyl (C=O) groups is 1. The molecule has 0 atom stereocenters. The van der Waals surface area contributed by atoms with Crippen LogP contribution >= 0.6 is 0 Å². The lowest BCUT2D eigenvalue weighted by atomic mass is 10.1. The van der Waals surface area contributed by atoms with Crippen LogP contribution in [0.5, 0.6) is 0 Å². The summed E-state index contributed by atoms with van der Waals surface area (Å²) in [6.07, 6.45) is 5.07. The van der Waals surface area contributed by atoms with Crippen LogP contribution in [0.4, 0.5) is 11.8 Å². The van der Waals surface area contributed by atoms with E-state index in [1.165, 1.54) is 0 Å². The number of aromatic nitrogens is 4. The predicted molar refractivity (Wildman–Crippen MR) is 99.2 cm³/mol. The first-order valence-electron chi connectivity index (χ1n) is 8.05. The summed E-state index contributed by atoms with van der Waals surface area (Å²) in [5.74, 6) is 0.291. The van der Waals surface area contributed by atoms with E-state index in [1.54, 1.807) is 35.1 Å². The van der Waals surface area contributed by atoms with Crippen molar-refractivity contribution in [3.8, 4) is 11.3 Å². The summed E-state index contributed by atoms with van der Waals surface area (Å²) in [5, 5.41) is 3.11. The fourth-order valence-corrected chi connectivity index (χ4v) is 2.77. The van der Waals surface area contributed by atoms with Crippen LogP contribution in [0.25, 0.3) is 16.9 Å². The van der Waals surface area contributed by atoms with Gasteiger partial charge in [0.2, 0.25) is 5.95 Å². The van der Waals surface area contributed by atoms with Crippen LogP contribution in [0.2, 0.25) is 0 Å². The van der Waals surface area contributed by atoms with Crippen LogP contribution in [-0.4, -0.2) is 25.3 Å². The fraction of sp³-hybridized carbons (Fsp3) is 0.0526. The Morgan fingerprint density at radius 3 is 2.81 bits per heavy atom. The number of nitrogens with one attached hydrogen (secondary N) is 1. The summed E-state index contributed by atoms with van der Waals surface area (Å²) in [6.45, 7) is 2.03. The van der Waals surface area contributed by atoms with Crippen molar-refractivity contribution in [2.45, 2.75) is 6.92 Å². The van der Waals surface area contributed by atoms with E-state index in [2.05, 4.69) is 21.4 Å². The quantitative estimate of drug-likeness (QED) is 0.593. The van der Waals surface area contributed by atoms with E-state index in [0.29, 0.717) is 17.3 Å². The van der Waals surface area contributed by atoms with Gasteiger partial charge in [0.05, 0.1) is 11.3 Å². The number of carbonyl (C=O) groups excluding carboxylic acids is 1.